The topological polar surface area (TPSA) is 96.4 Å². The number of nitrogens with one attached hydrogen (secondary N) is 1. The molecule has 2 heterocycles. The number of thiazole rings is 1. The maximum absolute atomic E-state index is 13.0. The summed E-state index contributed by atoms with van der Waals surface area (Å²) in [5.41, 5.74) is 1.81. The van der Waals surface area contributed by atoms with Crippen LogP contribution in [0.1, 0.15) is 21.1 Å². The smallest absolute Gasteiger partial charge is 0.261 e. The maximum atomic E-state index is 13.0. The minimum atomic E-state index is -3.62. The number of amides is 1. The number of carbonyl (C=O) groups is 2. The minimum Gasteiger partial charge on any atom is -0.341 e. The van der Waals surface area contributed by atoms with Crippen molar-refractivity contribution in [1.29, 1.82) is 0 Å². The van der Waals surface area contributed by atoms with Crippen LogP contribution in [0.5, 0.6) is 0 Å². The largest absolute Gasteiger partial charge is 0.341 e. The lowest BCUT2D eigenvalue weighted by Crippen LogP contribution is -2.41. The van der Waals surface area contributed by atoms with Crippen LogP contribution in [0.4, 0.5) is 0 Å². The second-order valence-corrected chi connectivity index (χ2v) is 12.7. The summed E-state index contributed by atoms with van der Waals surface area (Å²) in [5, 5.41) is 5.41. The zero-order valence-corrected chi connectivity index (χ0v) is 21.7. The summed E-state index contributed by atoms with van der Waals surface area (Å²) < 4.78 is 25.8. The van der Waals surface area contributed by atoms with Crippen molar-refractivity contribution >= 4 is 56.1 Å². The van der Waals surface area contributed by atoms with E-state index in [0.717, 1.165) is 26.9 Å². The molecule has 0 fully saturated rings. The third kappa shape index (κ3) is 6.51. The van der Waals surface area contributed by atoms with Gasteiger partial charge in [0.15, 0.2) is 5.78 Å². The van der Waals surface area contributed by atoms with Gasteiger partial charge in [-0.2, -0.15) is 11.8 Å². The molecule has 1 amide bonds. The van der Waals surface area contributed by atoms with Crippen LogP contribution < -0.4 is 5.32 Å². The molecule has 0 aliphatic carbocycles. The fourth-order valence-corrected chi connectivity index (χ4v) is 6.61. The van der Waals surface area contributed by atoms with Crippen molar-refractivity contribution in [3.8, 4) is 11.3 Å². The van der Waals surface area contributed by atoms with Crippen molar-refractivity contribution in [2.75, 3.05) is 26.1 Å². The summed E-state index contributed by atoms with van der Waals surface area (Å²) in [6, 6.07) is 12.0. The Morgan fingerprint density at radius 1 is 1.15 bits per heavy atom. The third-order valence-electron chi connectivity index (χ3n) is 4.79. The van der Waals surface area contributed by atoms with E-state index in [-0.39, 0.29) is 21.3 Å². The van der Waals surface area contributed by atoms with Crippen LogP contribution in [0.2, 0.25) is 0 Å². The summed E-state index contributed by atoms with van der Waals surface area (Å²) in [4.78, 5) is 30.6. The molecule has 1 aromatic carbocycles. The van der Waals surface area contributed by atoms with E-state index in [9.17, 15) is 18.0 Å². The molecule has 2 aromatic heterocycles. The zero-order valence-electron chi connectivity index (χ0n) is 18.5. The van der Waals surface area contributed by atoms with E-state index >= 15 is 0 Å². The van der Waals surface area contributed by atoms with Crippen LogP contribution in [-0.4, -0.2) is 61.5 Å². The number of benzene rings is 1. The molecule has 0 aliphatic heterocycles. The number of sulfonamides is 1. The standard InChI is InChI=1S/C22H25N3O4S4/c1-25(2)33(28,29)21-10-9-19(32-21)22(27)24-16(11-12-30-3)18(26)13-20-23-17(14-31-20)15-7-5-4-6-8-15/h4-10,14,16H,11-13H2,1-3H3,(H,24,27)/t16-/m0/s1. The average molecular weight is 524 g/mol. The van der Waals surface area contributed by atoms with Crippen LogP contribution in [0.15, 0.2) is 52.1 Å². The first-order chi connectivity index (χ1) is 15.7. The number of carbonyl (C=O) groups excluding carboxylic acids is 2. The van der Waals surface area contributed by atoms with Gasteiger partial charge in [0, 0.05) is 25.0 Å². The lowest BCUT2D eigenvalue weighted by Gasteiger charge is -2.16. The lowest BCUT2D eigenvalue weighted by molar-refractivity contribution is -0.120. The number of aromatic nitrogens is 1. The number of ketones is 1. The Morgan fingerprint density at radius 2 is 1.88 bits per heavy atom. The van der Waals surface area contributed by atoms with Crippen molar-refractivity contribution in [1.82, 2.24) is 14.6 Å². The molecule has 1 N–H and O–H groups in total. The van der Waals surface area contributed by atoms with Crippen LogP contribution in [-0.2, 0) is 21.2 Å². The Morgan fingerprint density at radius 3 is 2.55 bits per heavy atom. The molecule has 0 saturated heterocycles. The molecule has 7 nitrogen and oxygen atoms in total. The number of thiophene rings is 1. The second-order valence-electron chi connectivity index (χ2n) is 7.35. The molecule has 0 saturated carbocycles. The van der Waals surface area contributed by atoms with E-state index in [2.05, 4.69) is 10.3 Å². The molecule has 0 radical (unpaired) electrons. The Labute approximate surface area is 206 Å². The summed E-state index contributed by atoms with van der Waals surface area (Å²) in [7, 11) is -0.739. The van der Waals surface area contributed by atoms with Gasteiger partial charge in [-0.25, -0.2) is 17.7 Å². The summed E-state index contributed by atoms with van der Waals surface area (Å²) >= 11 is 3.90. The summed E-state index contributed by atoms with van der Waals surface area (Å²) in [6.45, 7) is 0. The number of thioether (sulfide) groups is 1. The summed E-state index contributed by atoms with van der Waals surface area (Å²) in [6.07, 6.45) is 2.55. The van der Waals surface area contributed by atoms with E-state index in [0.29, 0.717) is 17.2 Å². The normalized spacial score (nSPS) is 12.6. The van der Waals surface area contributed by atoms with Gasteiger partial charge >= 0.3 is 0 Å². The fourth-order valence-electron chi connectivity index (χ4n) is 2.95. The first-order valence-electron chi connectivity index (χ1n) is 10.1. The molecule has 33 heavy (non-hydrogen) atoms. The SMILES string of the molecule is CSCC[C@H](NC(=O)c1ccc(S(=O)(=O)N(C)C)s1)C(=O)Cc1nc(-c2ccccc2)cs1. The van der Waals surface area contributed by atoms with Gasteiger partial charge in [-0.15, -0.1) is 22.7 Å². The molecule has 11 heteroatoms. The van der Waals surface area contributed by atoms with E-state index in [1.54, 1.807) is 11.8 Å². The monoisotopic (exact) mass is 523 g/mol. The Balaban J connectivity index is 1.71. The molecule has 3 aromatic rings. The maximum Gasteiger partial charge on any atom is 0.261 e. The van der Waals surface area contributed by atoms with Crippen LogP contribution >= 0.6 is 34.4 Å². The predicted molar refractivity (Wildman–Crippen MR) is 136 cm³/mol. The number of nitrogens with zero attached hydrogens (tertiary/aromatic N) is 2. The summed E-state index contributed by atoms with van der Waals surface area (Å²) in [5.74, 6) is 0.127. The third-order valence-corrected chi connectivity index (χ3v) is 9.65. The average Bonchev–Trinajstić information content (AvgIpc) is 3.47. The minimum absolute atomic E-state index is 0.0841. The first-order valence-corrected chi connectivity index (χ1v) is 14.6. The molecule has 0 unspecified atom stereocenters. The van der Waals surface area contributed by atoms with Crippen LogP contribution in [0.3, 0.4) is 0 Å². The van der Waals surface area contributed by atoms with Gasteiger partial charge in [0.05, 0.1) is 23.0 Å². The molecule has 176 valence electrons. The van der Waals surface area contributed by atoms with Crippen LogP contribution in [0, 0.1) is 0 Å². The van der Waals surface area contributed by atoms with Crippen LogP contribution in [0.25, 0.3) is 11.3 Å². The van der Waals surface area contributed by atoms with Crippen molar-refractivity contribution in [3.63, 3.8) is 0 Å². The van der Waals surface area contributed by atoms with Crippen molar-refractivity contribution in [2.45, 2.75) is 23.1 Å². The van der Waals surface area contributed by atoms with Crippen molar-refractivity contribution in [2.24, 2.45) is 0 Å². The first kappa shape index (κ1) is 25.6. The van der Waals surface area contributed by atoms with Gasteiger partial charge in [0.25, 0.3) is 15.9 Å². The lowest BCUT2D eigenvalue weighted by atomic mass is 10.1. The quantitative estimate of drug-likeness (QED) is 0.411. The molecule has 3 rings (SSSR count). The van der Waals surface area contributed by atoms with E-state index in [1.165, 1.54) is 37.6 Å². The van der Waals surface area contributed by atoms with Crippen molar-refractivity contribution < 1.29 is 18.0 Å². The molecule has 0 spiro atoms. The Bertz CT molecular complexity index is 1200. The highest BCUT2D eigenvalue weighted by atomic mass is 32.2. The van der Waals surface area contributed by atoms with Gasteiger partial charge in [-0.3, -0.25) is 9.59 Å². The Hall–Kier alpha value is -2.05. The van der Waals surface area contributed by atoms with Gasteiger partial charge in [-0.1, -0.05) is 30.3 Å². The predicted octanol–water partition coefficient (Wildman–Crippen LogP) is 3.79. The highest BCUT2D eigenvalue weighted by Gasteiger charge is 2.25. The highest BCUT2D eigenvalue weighted by molar-refractivity contribution is 7.98. The van der Waals surface area contributed by atoms with E-state index < -0.39 is 22.0 Å². The number of Topliss-reactive ketones (excluding diaryl/α,β-unsaturated/α-hetero) is 1. The fraction of sp³-hybridized carbons (Fsp3) is 0.318. The highest BCUT2D eigenvalue weighted by Crippen LogP contribution is 2.25. The van der Waals surface area contributed by atoms with E-state index in [1.807, 2.05) is 42.0 Å². The van der Waals surface area contributed by atoms with Gasteiger partial charge < -0.3 is 5.32 Å². The number of rotatable bonds is 11. The second kappa shape index (κ2) is 11.4. The number of hydrogen-bond donors (Lipinski definition) is 1. The number of hydrogen-bond acceptors (Lipinski definition) is 8. The molecule has 0 bridgehead atoms. The van der Waals surface area contributed by atoms with E-state index in [4.69, 9.17) is 0 Å². The molecule has 0 aliphatic rings. The van der Waals surface area contributed by atoms with Gasteiger partial charge in [0.2, 0.25) is 0 Å². The molecular weight excluding hydrogens is 499 g/mol. The van der Waals surface area contributed by atoms with Gasteiger partial charge in [-0.05, 0) is 30.6 Å². The molecule has 1 atom stereocenters. The Kier molecular flexibility index (Phi) is 8.82. The van der Waals surface area contributed by atoms with Gasteiger partial charge in [0.1, 0.15) is 9.22 Å². The zero-order chi connectivity index (χ0) is 24.0. The van der Waals surface area contributed by atoms with Crippen molar-refractivity contribution in [3.05, 3.63) is 57.7 Å². The molecular formula is C22H25N3O4S4.